The highest BCUT2D eigenvalue weighted by molar-refractivity contribution is 5.11. The third-order valence-electron chi connectivity index (χ3n) is 4.98. The van der Waals surface area contributed by atoms with Gasteiger partial charge in [0, 0.05) is 43.3 Å². The molecule has 3 heterocycles. The zero-order chi connectivity index (χ0) is 16.5. The molecule has 0 bridgehead atoms. The fraction of sp³-hybridized carbons (Fsp3) is 0.706. The molecule has 1 aliphatic heterocycles. The highest BCUT2D eigenvalue weighted by Crippen LogP contribution is 2.38. The summed E-state index contributed by atoms with van der Waals surface area (Å²) in [6.45, 7) is 6.71. The molecule has 0 radical (unpaired) electrons. The molecule has 3 unspecified atom stereocenters. The summed E-state index contributed by atoms with van der Waals surface area (Å²) in [6, 6.07) is 0.0598. The van der Waals surface area contributed by atoms with E-state index in [1.165, 1.54) is 18.4 Å². The van der Waals surface area contributed by atoms with E-state index >= 15 is 0 Å². The molecule has 1 N–H and O–H groups in total. The number of nitrogens with zero attached hydrogens (tertiary/aromatic N) is 4. The van der Waals surface area contributed by atoms with Crippen molar-refractivity contribution in [2.24, 2.45) is 5.92 Å². The minimum atomic E-state index is 0.0598. The van der Waals surface area contributed by atoms with E-state index in [0.717, 1.165) is 31.9 Å². The van der Waals surface area contributed by atoms with Crippen LogP contribution in [-0.2, 0) is 11.3 Å². The summed E-state index contributed by atoms with van der Waals surface area (Å²) in [5.74, 6) is 2.52. The number of hydrogen-bond donors (Lipinski definition) is 1. The largest absolute Gasteiger partial charge is 0.373 e. The predicted octanol–water partition coefficient (Wildman–Crippen LogP) is 2.59. The van der Waals surface area contributed by atoms with Gasteiger partial charge in [0.1, 0.15) is 0 Å². The number of hydrogen-bond acceptors (Lipinski definition) is 6. The van der Waals surface area contributed by atoms with Gasteiger partial charge in [-0.3, -0.25) is 4.68 Å². The Balaban J connectivity index is 1.35. The van der Waals surface area contributed by atoms with Crippen molar-refractivity contribution in [3.63, 3.8) is 0 Å². The van der Waals surface area contributed by atoms with Crippen LogP contribution < -0.4 is 5.32 Å². The lowest BCUT2D eigenvalue weighted by Crippen LogP contribution is -2.27. The number of aryl methyl sites for hydroxylation is 1. The van der Waals surface area contributed by atoms with E-state index in [2.05, 4.69) is 40.6 Å². The van der Waals surface area contributed by atoms with Gasteiger partial charge < -0.3 is 14.6 Å². The van der Waals surface area contributed by atoms with Crippen LogP contribution in [-0.4, -0.2) is 33.1 Å². The van der Waals surface area contributed by atoms with Gasteiger partial charge in [0.25, 0.3) is 0 Å². The summed E-state index contributed by atoms with van der Waals surface area (Å²) in [7, 11) is 0. The Labute approximate surface area is 141 Å². The first-order chi connectivity index (χ1) is 11.7. The molecule has 1 saturated carbocycles. The third-order valence-corrected chi connectivity index (χ3v) is 4.98. The lowest BCUT2D eigenvalue weighted by atomic mass is 9.97. The Morgan fingerprint density at radius 3 is 3.00 bits per heavy atom. The maximum Gasteiger partial charge on any atom is 0.243 e. The van der Waals surface area contributed by atoms with Gasteiger partial charge in [-0.2, -0.15) is 10.1 Å². The molecule has 3 atom stereocenters. The molecule has 0 amide bonds. The van der Waals surface area contributed by atoms with Crippen LogP contribution in [0.15, 0.2) is 16.9 Å². The highest BCUT2D eigenvalue weighted by Gasteiger charge is 2.32. The molecule has 1 saturated heterocycles. The zero-order valence-electron chi connectivity index (χ0n) is 14.3. The van der Waals surface area contributed by atoms with Gasteiger partial charge >= 0.3 is 0 Å². The summed E-state index contributed by atoms with van der Waals surface area (Å²) in [5, 5.41) is 12.0. The van der Waals surface area contributed by atoms with Crippen LogP contribution in [0.4, 0.5) is 0 Å². The average Bonchev–Trinajstić information content (AvgIpc) is 3.05. The second-order valence-corrected chi connectivity index (χ2v) is 6.86. The van der Waals surface area contributed by atoms with E-state index in [1.807, 2.05) is 10.9 Å². The molecule has 1 aliphatic carbocycles. The summed E-state index contributed by atoms with van der Waals surface area (Å²) >= 11 is 0. The van der Waals surface area contributed by atoms with E-state index in [-0.39, 0.29) is 12.1 Å². The molecule has 0 spiro atoms. The summed E-state index contributed by atoms with van der Waals surface area (Å²) in [6.07, 6.45) is 7.57. The predicted molar refractivity (Wildman–Crippen MR) is 87.4 cm³/mol. The van der Waals surface area contributed by atoms with Crippen LogP contribution in [0.3, 0.4) is 0 Å². The molecular weight excluding hydrogens is 306 g/mol. The molecule has 4 rings (SSSR count). The molecule has 130 valence electrons. The highest BCUT2D eigenvalue weighted by atomic mass is 16.5. The quantitative estimate of drug-likeness (QED) is 0.840. The van der Waals surface area contributed by atoms with Gasteiger partial charge in [0.05, 0.1) is 18.3 Å². The molecule has 0 aromatic carbocycles. The van der Waals surface area contributed by atoms with Crippen LogP contribution in [0.1, 0.15) is 68.5 Å². The maximum atomic E-state index is 5.95. The number of nitrogens with one attached hydrogen (secondary N) is 1. The first kappa shape index (κ1) is 15.8. The number of ether oxygens (including phenoxy) is 1. The van der Waals surface area contributed by atoms with Crippen molar-refractivity contribution in [1.29, 1.82) is 0 Å². The van der Waals surface area contributed by atoms with E-state index in [9.17, 15) is 0 Å². The first-order valence-electron chi connectivity index (χ1n) is 8.95. The van der Waals surface area contributed by atoms with Crippen LogP contribution in [0, 0.1) is 5.92 Å². The third kappa shape index (κ3) is 3.23. The van der Waals surface area contributed by atoms with Gasteiger partial charge in [0.15, 0.2) is 5.82 Å². The van der Waals surface area contributed by atoms with Crippen molar-refractivity contribution < 1.29 is 9.26 Å². The topological polar surface area (TPSA) is 78.0 Å². The van der Waals surface area contributed by atoms with E-state index < -0.39 is 0 Å². The molecule has 7 nitrogen and oxygen atoms in total. The van der Waals surface area contributed by atoms with Crippen molar-refractivity contribution in [2.45, 2.75) is 57.7 Å². The van der Waals surface area contributed by atoms with Crippen LogP contribution in [0.25, 0.3) is 0 Å². The Kier molecular flexibility index (Phi) is 4.37. The van der Waals surface area contributed by atoms with Crippen molar-refractivity contribution in [3.05, 3.63) is 29.7 Å². The van der Waals surface area contributed by atoms with Gasteiger partial charge in [-0.05, 0) is 33.1 Å². The van der Waals surface area contributed by atoms with Crippen LogP contribution >= 0.6 is 0 Å². The molecule has 2 aliphatic rings. The van der Waals surface area contributed by atoms with E-state index in [1.54, 1.807) is 0 Å². The molecule has 2 aromatic heterocycles. The number of rotatable bonds is 7. The fourth-order valence-electron chi connectivity index (χ4n) is 3.26. The smallest absolute Gasteiger partial charge is 0.243 e. The molecular formula is C17H25N5O2. The number of aromatic nitrogens is 4. The minimum absolute atomic E-state index is 0.0598. The minimum Gasteiger partial charge on any atom is -0.373 e. The van der Waals surface area contributed by atoms with E-state index in [4.69, 9.17) is 9.26 Å². The Hall–Kier alpha value is -1.73. The SMILES string of the molecule is CCn1cc(C2OCCC2CNC(C)c2nc(C3CC3)no2)cn1. The Morgan fingerprint density at radius 2 is 2.25 bits per heavy atom. The van der Waals surface area contributed by atoms with Crippen molar-refractivity contribution in [3.8, 4) is 0 Å². The maximum absolute atomic E-state index is 5.95. The van der Waals surface area contributed by atoms with Crippen molar-refractivity contribution >= 4 is 0 Å². The summed E-state index contributed by atoms with van der Waals surface area (Å²) in [4.78, 5) is 4.52. The van der Waals surface area contributed by atoms with Crippen molar-refractivity contribution in [2.75, 3.05) is 13.2 Å². The Bertz CT molecular complexity index is 678. The van der Waals surface area contributed by atoms with Crippen LogP contribution in [0.2, 0.25) is 0 Å². The molecule has 2 fully saturated rings. The monoisotopic (exact) mass is 331 g/mol. The van der Waals surface area contributed by atoms with Gasteiger partial charge in [-0.25, -0.2) is 0 Å². The average molecular weight is 331 g/mol. The molecule has 2 aromatic rings. The van der Waals surface area contributed by atoms with Crippen LogP contribution in [0.5, 0.6) is 0 Å². The Morgan fingerprint density at radius 1 is 1.38 bits per heavy atom. The van der Waals surface area contributed by atoms with Crippen molar-refractivity contribution in [1.82, 2.24) is 25.2 Å². The van der Waals surface area contributed by atoms with Gasteiger partial charge in [-0.15, -0.1) is 0 Å². The lowest BCUT2D eigenvalue weighted by molar-refractivity contribution is 0.0895. The van der Waals surface area contributed by atoms with Gasteiger partial charge in [-0.1, -0.05) is 5.16 Å². The molecule has 7 heteroatoms. The second-order valence-electron chi connectivity index (χ2n) is 6.86. The zero-order valence-corrected chi connectivity index (χ0v) is 14.3. The molecule has 24 heavy (non-hydrogen) atoms. The standard InChI is InChI=1S/C17H25N5O2/c1-3-22-10-14(9-19-22)15-13(6-7-23-15)8-18-11(2)17-20-16(21-24-17)12-4-5-12/h9-13,15,18H,3-8H2,1-2H3. The lowest BCUT2D eigenvalue weighted by Gasteiger charge is -2.19. The second kappa shape index (κ2) is 6.64. The van der Waals surface area contributed by atoms with Gasteiger partial charge in [0.2, 0.25) is 5.89 Å². The summed E-state index contributed by atoms with van der Waals surface area (Å²) < 4.78 is 13.3. The van der Waals surface area contributed by atoms with E-state index in [0.29, 0.717) is 17.7 Å². The fourth-order valence-corrected chi connectivity index (χ4v) is 3.26. The first-order valence-corrected chi connectivity index (χ1v) is 8.95. The normalized spacial score (nSPS) is 25.2. The summed E-state index contributed by atoms with van der Waals surface area (Å²) in [5.41, 5.74) is 1.17.